The highest BCUT2D eigenvalue weighted by molar-refractivity contribution is 6.30. The Morgan fingerprint density at radius 2 is 1.89 bits per heavy atom. The van der Waals surface area contributed by atoms with Gasteiger partial charge in [-0.15, -0.1) is 0 Å². The monoisotopic (exact) mass is 259 g/mol. The molecule has 2 heteroatoms. The molecular formula is C16H18ClN. The van der Waals surface area contributed by atoms with Crippen molar-refractivity contribution in [1.82, 2.24) is 5.32 Å². The van der Waals surface area contributed by atoms with Gasteiger partial charge in [-0.25, -0.2) is 0 Å². The van der Waals surface area contributed by atoms with Gasteiger partial charge in [0, 0.05) is 11.6 Å². The molecule has 0 bridgehead atoms. The van der Waals surface area contributed by atoms with Crippen LogP contribution in [-0.2, 0) is 13.0 Å². The number of aryl methyl sites for hydroxylation is 1. The van der Waals surface area contributed by atoms with Crippen LogP contribution >= 0.6 is 11.6 Å². The number of hydrogen-bond acceptors (Lipinski definition) is 1. The molecule has 0 aliphatic heterocycles. The summed E-state index contributed by atoms with van der Waals surface area (Å²) in [5.74, 6) is 0. The molecule has 0 amide bonds. The van der Waals surface area contributed by atoms with E-state index in [1.807, 2.05) is 18.2 Å². The summed E-state index contributed by atoms with van der Waals surface area (Å²) in [6, 6.07) is 16.5. The van der Waals surface area contributed by atoms with Crippen LogP contribution in [0.3, 0.4) is 0 Å². The number of benzene rings is 2. The van der Waals surface area contributed by atoms with Crippen LogP contribution in [0.25, 0.3) is 0 Å². The van der Waals surface area contributed by atoms with Crippen molar-refractivity contribution in [3.8, 4) is 0 Å². The predicted molar refractivity (Wildman–Crippen MR) is 78.0 cm³/mol. The second-order valence-electron chi connectivity index (χ2n) is 4.48. The van der Waals surface area contributed by atoms with Crippen molar-refractivity contribution in [2.45, 2.75) is 19.9 Å². The molecule has 0 saturated carbocycles. The SMILES string of the molecule is Cc1ccccc1CNCCc1cccc(Cl)c1. The summed E-state index contributed by atoms with van der Waals surface area (Å²) >= 11 is 5.95. The van der Waals surface area contributed by atoms with E-state index in [4.69, 9.17) is 11.6 Å². The Labute approximate surface area is 114 Å². The third-order valence-electron chi connectivity index (χ3n) is 3.06. The zero-order valence-electron chi connectivity index (χ0n) is 10.6. The van der Waals surface area contributed by atoms with Gasteiger partial charge in [-0.3, -0.25) is 0 Å². The van der Waals surface area contributed by atoms with Crippen molar-refractivity contribution in [2.24, 2.45) is 0 Å². The van der Waals surface area contributed by atoms with Gasteiger partial charge in [0.05, 0.1) is 0 Å². The Morgan fingerprint density at radius 1 is 1.06 bits per heavy atom. The fourth-order valence-corrected chi connectivity index (χ4v) is 2.17. The predicted octanol–water partition coefficient (Wildman–Crippen LogP) is 3.98. The molecule has 2 aromatic carbocycles. The number of rotatable bonds is 5. The van der Waals surface area contributed by atoms with E-state index in [1.165, 1.54) is 16.7 Å². The summed E-state index contributed by atoms with van der Waals surface area (Å²) in [5, 5.41) is 4.28. The minimum atomic E-state index is 0.811. The molecule has 0 spiro atoms. The Balaban J connectivity index is 1.78. The lowest BCUT2D eigenvalue weighted by atomic mass is 10.1. The van der Waals surface area contributed by atoms with Gasteiger partial charge < -0.3 is 5.32 Å². The Hall–Kier alpha value is -1.31. The number of hydrogen-bond donors (Lipinski definition) is 1. The fraction of sp³-hybridized carbons (Fsp3) is 0.250. The largest absolute Gasteiger partial charge is 0.312 e. The Bertz CT molecular complexity index is 508. The maximum absolute atomic E-state index is 5.95. The van der Waals surface area contributed by atoms with Crippen LogP contribution in [0.1, 0.15) is 16.7 Å². The van der Waals surface area contributed by atoms with Gasteiger partial charge in [0.15, 0.2) is 0 Å². The van der Waals surface area contributed by atoms with Crippen LogP contribution in [0.15, 0.2) is 48.5 Å². The Morgan fingerprint density at radius 3 is 2.67 bits per heavy atom. The van der Waals surface area contributed by atoms with Gasteiger partial charge in [0.25, 0.3) is 0 Å². The van der Waals surface area contributed by atoms with E-state index in [9.17, 15) is 0 Å². The molecule has 2 aromatic rings. The summed E-state index contributed by atoms with van der Waals surface area (Å²) < 4.78 is 0. The van der Waals surface area contributed by atoms with Gasteiger partial charge in [-0.2, -0.15) is 0 Å². The average molecular weight is 260 g/mol. The summed E-state index contributed by atoms with van der Waals surface area (Å²) in [6.45, 7) is 4.04. The minimum Gasteiger partial charge on any atom is -0.312 e. The fourth-order valence-electron chi connectivity index (χ4n) is 1.96. The minimum absolute atomic E-state index is 0.811. The van der Waals surface area contributed by atoms with Crippen LogP contribution < -0.4 is 5.32 Å². The molecule has 1 N–H and O–H groups in total. The van der Waals surface area contributed by atoms with E-state index in [0.29, 0.717) is 0 Å². The molecule has 18 heavy (non-hydrogen) atoms. The first kappa shape index (κ1) is 13.1. The molecule has 0 aromatic heterocycles. The van der Waals surface area contributed by atoms with E-state index in [-0.39, 0.29) is 0 Å². The molecule has 0 aliphatic rings. The summed E-state index contributed by atoms with van der Waals surface area (Å²) in [5.41, 5.74) is 3.98. The molecule has 0 unspecified atom stereocenters. The maximum atomic E-state index is 5.95. The van der Waals surface area contributed by atoms with Gasteiger partial charge in [0.1, 0.15) is 0 Å². The first-order valence-corrected chi connectivity index (χ1v) is 6.63. The van der Waals surface area contributed by atoms with Crippen molar-refractivity contribution in [2.75, 3.05) is 6.54 Å². The van der Waals surface area contributed by atoms with Crippen molar-refractivity contribution >= 4 is 11.6 Å². The highest BCUT2D eigenvalue weighted by Gasteiger charge is 1.97. The smallest absolute Gasteiger partial charge is 0.0408 e. The van der Waals surface area contributed by atoms with E-state index >= 15 is 0 Å². The van der Waals surface area contributed by atoms with Gasteiger partial charge in [-0.1, -0.05) is 48.0 Å². The second-order valence-corrected chi connectivity index (χ2v) is 4.92. The topological polar surface area (TPSA) is 12.0 Å². The highest BCUT2D eigenvalue weighted by Crippen LogP contribution is 2.11. The molecule has 94 valence electrons. The number of nitrogens with one attached hydrogen (secondary N) is 1. The third-order valence-corrected chi connectivity index (χ3v) is 3.29. The first-order chi connectivity index (χ1) is 8.75. The van der Waals surface area contributed by atoms with Crippen molar-refractivity contribution in [1.29, 1.82) is 0 Å². The molecule has 0 saturated heterocycles. The Kier molecular flexibility index (Phi) is 4.80. The average Bonchev–Trinajstić information content (AvgIpc) is 2.37. The number of halogens is 1. The zero-order valence-corrected chi connectivity index (χ0v) is 11.4. The molecule has 1 nitrogen and oxygen atoms in total. The summed E-state index contributed by atoms with van der Waals surface area (Å²) in [6.07, 6.45) is 1.01. The molecule has 0 radical (unpaired) electrons. The lowest BCUT2D eigenvalue weighted by Crippen LogP contribution is -2.17. The summed E-state index contributed by atoms with van der Waals surface area (Å²) in [7, 11) is 0. The first-order valence-electron chi connectivity index (χ1n) is 6.25. The van der Waals surface area contributed by atoms with Gasteiger partial charge in [-0.05, 0) is 48.7 Å². The van der Waals surface area contributed by atoms with Crippen LogP contribution in [0, 0.1) is 6.92 Å². The quantitative estimate of drug-likeness (QED) is 0.801. The molecule has 0 aliphatic carbocycles. The molecular weight excluding hydrogens is 242 g/mol. The van der Waals surface area contributed by atoms with Crippen LogP contribution in [0.5, 0.6) is 0 Å². The van der Waals surface area contributed by atoms with Gasteiger partial charge >= 0.3 is 0 Å². The maximum Gasteiger partial charge on any atom is 0.0408 e. The molecule has 2 rings (SSSR count). The van der Waals surface area contributed by atoms with Crippen LogP contribution in [0.2, 0.25) is 5.02 Å². The zero-order chi connectivity index (χ0) is 12.8. The van der Waals surface area contributed by atoms with E-state index in [1.54, 1.807) is 0 Å². The molecule has 0 atom stereocenters. The van der Waals surface area contributed by atoms with Crippen molar-refractivity contribution in [3.63, 3.8) is 0 Å². The van der Waals surface area contributed by atoms with E-state index < -0.39 is 0 Å². The van der Waals surface area contributed by atoms with Crippen molar-refractivity contribution < 1.29 is 0 Å². The summed E-state index contributed by atoms with van der Waals surface area (Å²) in [4.78, 5) is 0. The third kappa shape index (κ3) is 3.86. The molecule has 0 fully saturated rings. The van der Waals surface area contributed by atoms with Crippen LogP contribution in [0.4, 0.5) is 0 Å². The van der Waals surface area contributed by atoms with Crippen LogP contribution in [-0.4, -0.2) is 6.54 Å². The lowest BCUT2D eigenvalue weighted by Gasteiger charge is -2.07. The molecule has 0 heterocycles. The highest BCUT2D eigenvalue weighted by atomic mass is 35.5. The van der Waals surface area contributed by atoms with Gasteiger partial charge in [0.2, 0.25) is 0 Å². The normalized spacial score (nSPS) is 10.6. The van der Waals surface area contributed by atoms with Crippen molar-refractivity contribution in [3.05, 3.63) is 70.2 Å². The second kappa shape index (κ2) is 6.58. The van der Waals surface area contributed by atoms with E-state index in [2.05, 4.69) is 42.6 Å². The lowest BCUT2D eigenvalue weighted by molar-refractivity contribution is 0.684. The van der Waals surface area contributed by atoms with E-state index in [0.717, 1.165) is 24.5 Å². The standard InChI is InChI=1S/C16H18ClN/c1-13-5-2-3-7-15(13)12-18-10-9-14-6-4-8-16(17)11-14/h2-8,11,18H,9-10,12H2,1H3.